The molecule has 1 N–H and O–H groups in total. The minimum atomic E-state index is -0.284. The quantitative estimate of drug-likeness (QED) is 0.759. The first kappa shape index (κ1) is 16.7. The van der Waals surface area contributed by atoms with Crippen molar-refractivity contribution in [3.8, 4) is 17.2 Å². The summed E-state index contributed by atoms with van der Waals surface area (Å²) >= 11 is 0. The summed E-state index contributed by atoms with van der Waals surface area (Å²) in [6.45, 7) is 1.76. The Morgan fingerprint density at radius 2 is 1.64 bits per heavy atom. The molecule has 0 aliphatic heterocycles. The maximum atomic E-state index is 12.8. The third kappa shape index (κ3) is 3.10. The molecule has 0 aliphatic rings. The van der Waals surface area contributed by atoms with E-state index >= 15 is 0 Å². The van der Waals surface area contributed by atoms with Gasteiger partial charge in [0.25, 0.3) is 5.91 Å². The minimum Gasteiger partial charge on any atom is -0.497 e. The van der Waals surface area contributed by atoms with Crippen LogP contribution in [0.5, 0.6) is 17.2 Å². The molecular weight excluding hydrogens is 322 g/mol. The van der Waals surface area contributed by atoms with Crippen molar-refractivity contribution in [2.75, 3.05) is 26.6 Å². The van der Waals surface area contributed by atoms with Gasteiger partial charge in [-0.05, 0) is 37.3 Å². The standard InChI is InChI=1S/C19H19NO5/c1-11-18(14-9-12(22-2)6-8-16(14)25-11)19(21)20-15-7-5-13(23-3)10-17(15)24-4/h5-10H,1-4H3,(H,20,21). The Balaban J connectivity index is 1.99. The summed E-state index contributed by atoms with van der Waals surface area (Å²) in [7, 11) is 4.69. The van der Waals surface area contributed by atoms with E-state index in [9.17, 15) is 4.79 Å². The van der Waals surface area contributed by atoms with Crippen LogP contribution in [0.1, 0.15) is 16.1 Å². The van der Waals surface area contributed by atoms with Gasteiger partial charge in [0.05, 0.1) is 32.6 Å². The molecule has 0 radical (unpaired) electrons. The van der Waals surface area contributed by atoms with E-state index in [1.165, 1.54) is 7.11 Å². The first-order valence-corrected chi connectivity index (χ1v) is 7.68. The highest BCUT2D eigenvalue weighted by atomic mass is 16.5. The first-order chi connectivity index (χ1) is 12.1. The van der Waals surface area contributed by atoms with Crippen LogP contribution in [0.25, 0.3) is 11.0 Å². The molecule has 0 fully saturated rings. The largest absolute Gasteiger partial charge is 0.497 e. The molecule has 2 aromatic carbocycles. The number of carbonyl (C=O) groups excluding carboxylic acids is 1. The van der Waals surface area contributed by atoms with E-state index in [4.69, 9.17) is 18.6 Å². The van der Waals surface area contributed by atoms with Crippen LogP contribution in [-0.4, -0.2) is 27.2 Å². The van der Waals surface area contributed by atoms with Gasteiger partial charge >= 0.3 is 0 Å². The molecule has 0 saturated carbocycles. The van der Waals surface area contributed by atoms with E-state index in [2.05, 4.69) is 5.32 Å². The Bertz CT molecular complexity index is 929. The average molecular weight is 341 g/mol. The third-order valence-electron chi connectivity index (χ3n) is 3.96. The van der Waals surface area contributed by atoms with Crippen molar-refractivity contribution in [3.63, 3.8) is 0 Å². The van der Waals surface area contributed by atoms with Crippen LogP contribution in [-0.2, 0) is 0 Å². The Kier molecular flexibility index (Phi) is 4.52. The highest BCUT2D eigenvalue weighted by Crippen LogP contribution is 2.32. The molecule has 0 aliphatic carbocycles. The molecule has 25 heavy (non-hydrogen) atoms. The first-order valence-electron chi connectivity index (χ1n) is 7.68. The topological polar surface area (TPSA) is 69.9 Å². The Labute approximate surface area is 145 Å². The van der Waals surface area contributed by atoms with Crippen LogP contribution < -0.4 is 19.5 Å². The summed E-state index contributed by atoms with van der Waals surface area (Å²) in [5.41, 5.74) is 1.64. The number of anilines is 1. The van der Waals surface area contributed by atoms with Crippen LogP contribution in [0.3, 0.4) is 0 Å². The number of rotatable bonds is 5. The summed E-state index contributed by atoms with van der Waals surface area (Å²) < 4.78 is 21.4. The fraction of sp³-hybridized carbons (Fsp3) is 0.211. The van der Waals surface area contributed by atoms with E-state index in [-0.39, 0.29) is 5.91 Å². The highest BCUT2D eigenvalue weighted by molar-refractivity contribution is 6.13. The van der Waals surface area contributed by atoms with E-state index in [0.717, 1.165) is 0 Å². The lowest BCUT2D eigenvalue weighted by molar-refractivity contribution is 0.102. The third-order valence-corrected chi connectivity index (χ3v) is 3.96. The molecule has 0 spiro atoms. The molecule has 0 saturated heterocycles. The number of furan rings is 1. The van der Waals surface area contributed by atoms with Crippen LogP contribution in [0.4, 0.5) is 5.69 Å². The smallest absolute Gasteiger partial charge is 0.259 e. The van der Waals surface area contributed by atoms with Gasteiger partial charge in [-0.3, -0.25) is 4.79 Å². The van der Waals surface area contributed by atoms with Crippen molar-refractivity contribution in [2.24, 2.45) is 0 Å². The number of aryl methyl sites for hydroxylation is 1. The molecule has 1 amide bonds. The number of fused-ring (bicyclic) bond motifs is 1. The SMILES string of the molecule is COc1ccc(NC(=O)c2c(C)oc3ccc(OC)cc23)c(OC)c1. The molecule has 0 atom stereocenters. The van der Waals surface area contributed by atoms with Gasteiger partial charge in [-0.15, -0.1) is 0 Å². The second-order valence-electron chi connectivity index (χ2n) is 5.42. The summed E-state index contributed by atoms with van der Waals surface area (Å²) in [5, 5.41) is 3.56. The highest BCUT2D eigenvalue weighted by Gasteiger charge is 2.20. The second-order valence-corrected chi connectivity index (χ2v) is 5.42. The zero-order valence-electron chi connectivity index (χ0n) is 14.5. The van der Waals surface area contributed by atoms with Crippen molar-refractivity contribution < 1.29 is 23.4 Å². The lowest BCUT2D eigenvalue weighted by Gasteiger charge is -2.11. The van der Waals surface area contributed by atoms with Crippen molar-refractivity contribution in [2.45, 2.75) is 6.92 Å². The van der Waals surface area contributed by atoms with Crippen LogP contribution in [0, 0.1) is 6.92 Å². The fourth-order valence-corrected chi connectivity index (χ4v) is 2.69. The molecule has 0 bridgehead atoms. The van der Waals surface area contributed by atoms with Crippen LogP contribution in [0.2, 0.25) is 0 Å². The molecule has 6 heteroatoms. The monoisotopic (exact) mass is 341 g/mol. The number of amides is 1. The van der Waals surface area contributed by atoms with E-state index < -0.39 is 0 Å². The van der Waals surface area contributed by atoms with Gasteiger partial charge in [0.15, 0.2) is 0 Å². The van der Waals surface area contributed by atoms with Gasteiger partial charge in [0.2, 0.25) is 0 Å². The molecule has 1 heterocycles. The number of hydrogen-bond donors (Lipinski definition) is 1. The van der Waals surface area contributed by atoms with Crippen molar-refractivity contribution in [3.05, 3.63) is 47.7 Å². The second kappa shape index (κ2) is 6.76. The van der Waals surface area contributed by atoms with Gasteiger partial charge in [0.1, 0.15) is 28.6 Å². The fourth-order valence-electron chi connectivity index (χ4n) is 2.69. The zero-order chi connectivity index (χ0) is 18.0. The molecule has 3 aromatic rings. The summed E-state index contributed by atoms with van der Waals surface area (Å²) in [6, 6.07) is 10.5. The molecule has 6 nitrogen and oxygen atoms in total. The maximum absolute atomic E-state index is 12.8. The normalized spacial score (nSPS) is 10.6. The zero-order valence-corrected chi connectivity index (χ0v) is 14.5. The van der Waals surface area contributed by atoms with Gasteiger partial charge < -0.3 is 23.9 Å². The van der Waals surface area contributed by atoms with Gasteiger partial charge in [0, 0.05) is 11.5 Å². The Morgan fingerprint density at radius 1 is 0.960 bits per heavy atom. The Hall–Kier alpha value is -3.15. The number of methoxy groups -OCH3 is 3. The molecule has 3 rings (SSSR count). The van der Waals surface area contributed by atoms with E-state index in [0.29, 0.717) is 45.2 Å². The van der Waals surface area contributed by atoms with Crippen molar-refractivity contribution in [1.29, 1.82) is 0 Å². The van der Waals surface area contributed by atoms with Gasteiger partial charge in [-0.2, -0.15) is 0 Å². The van der Waals surface area contributed by atoms with Gasteiger partial charge in [-0.1, -0.05) is 0 Å². The lowest BCUT2D eigenvalue weighted by Crippen LogP contribution is -2.13. The predicted octanol–water partition coefficient (Wildman–Crippen LogP) is 4.02. The molecule has 130 valence electrons. The van der Waals surface area contributed by atoms with Crippen LogP contribution >= 0.6 is 0 Å². The van der Waals surface area contributed by atoms with Gasteiger partial charge in [-0.25, -0.2) is 0 Å². The van der Waals surface area contributed by atoms with Crippen molar-refractivity contribution >= 4 is 22.6 Å². The summed E-state index contributed by atoms with van der Waals surface area (Å²) in [4.78, 5) is 12.8. The van der Waals surface area contributed by atoms with E-state index in [1.54, 1.807) is 57.5 Å². The number of benzene rings is 2. The summed E-state index contributed by atoms with van der Waals surface area (Å²) in [5.74, 6) is 2.06. The Morgan fingerprint density at radius 3 is 2.32 bits per heavy atom. The molecule has 0 unspecified atom stereocenters. The average Bonchev–Trinajstić information content (AvgIpc) is 2.96. The number of ether oxygens (including phenoxy) is 3. The summed E-state index contributed by atoms with van der Waals surface area (Å²) in [6.07, 6.45) is 0. The van der Waals surface area contributed by atoms with E-state index in [1.807, 2.05) is 0 Å². The van der Waals surface area contributed by atoms with Crippen molar-refractivity contribution in [1.82, 2.24) is 0 Å². The number of carbonyl (C=O) groups is 1. The number of hydrogen-bond acceptors (Lipinski definition) is 5. The maximum Gasteiger partial charge on any atom is 0.259 e. The minimum absolute atomic E-state index is 0.284. The molecule has 1 aromatic heterocycles. The predicted molar refractivity (Wildman–Crippen MR) is 95.0 cm³/mol. The lowest BCUT2D eigenvalue weighted by atomic mass is 10.1. The van der Waals surface area contributed by atoms with Crippen LogP contribution in [0.15, 0.2) is 40.8 Å². The molecular formula is C19H19NO5. The number of nitrogens with one attached hydrogen (secondary N) is 1.